The third kappa shape index (κ3) is 5.37. The van der Waals surface area contributed by atoms with Crippen LogP contribution in [0.15, 0.2) is 42.5 Å². The van der Waals surface area contributed by atoms with Crippen LogP contribution >= 0.6 is 11.6 Å². The molecule has 2 rings (SSSR count). The second kappa shape index (κ2) is 8.22. The zero-order valence-corrected chi connectivity index (χ0v) is 14.0. The first-order valence-electron chi connectivity index (χ1n) is 7.30. The molecular weight excluding hydrogens is 357 g/mol. The van der Waals surface area contributed by atoms with E-state index in [4.69, 9.17) is 16.3 Å². The summed E-state index contributed by atoms with van der Waals surface area (Å²) >= 11 is 5.84. The second-order valence-electron chi connectivity index (χ2n) is 5.16. The number of ether oxygens (including phenoxy) is 1. The lowest BCUT2D eigenvalue weighted by molar-refractivity contribution is -0.137. The zero-order chi connectivity index (χ0) is 18.4. The minimum Gasteiger partial charge on any atom is -0.496 e. The van der Waals surface area contributed by atoms with E-state index in [1.165, 1.54) is 0 Å². The summed E-state index contributed by atoms with van der Waals surface area (Å²) < 4.78 is 43.4. The highest BCUT2D eigenvalue weighted by molar-refractivity contribution is 6.33. The van der Waals surface area contributed by atoms with Gasteiger partial charge in [0, 0.05) is 12.1 Å². The van der Waals surface area contributed by atoms with Crippen LogP contribution in [0.4, 0.5) is 18.9 Å². The molecule has 0 aliphatic heterocycles. The van der Waals surface area contributed by atoms with Crippen molar-refractivity contribution in [3.63, 3.8) is 0 Å². The molecule has 0 aromatic heterocycles. The molecule has 0 saturated carbocycles. The quantitative estimate of drug-likeness (QED) is 0.802. The number of alkyl halides is 3. The predicted molar refractivity (Wildman–Crippen MR) is 89.8 cm³/mol. The molecular formula is C17H16ClF3N2O2. The van der Waals surface area contributed by atoms with Crippen LogP contribution < -0.4 is 15.4 Å². The van der Waals surface area contributed by atoms with Gasteiger partial charge < -0.3 is 15.4 Å². The zero-order valence-electron chi connectivity index (χ0n) is 13.3. The molecule has 0 heterocycles. The molecule has 0 aliphatic carbocycles. The van der Waals surface area contributed by atoms with Gasteiger partial charge in [-0.1, -0.05) is 29.8 Å². The van der Waals surface area contributed by atoms with E-state index in [1.54, 1.807) is 13.2 Å². The van der Waals surface area contributed by atoms with E-state index in [2.05, 4.69) is 10.6 Å². The van der Waals surface area contributed by atoms with Crippen molar-refractivity contribution in [3.8, 4) is 5.75 Å². The van der Waals surface area contributed by atoms with Crippen LogP contribution in [0, 0.1) is 0 Å². The van der Waals surface area contributed by atoms with Crippen molar-refractivity contribution < 1.29 is 22.7 Å². The molecule has 2 aromatic carbocycles. The lowest BCUT2D eigenvalue weighted by Crippen LogP contribution is -2.28. The van der Waals surface area contributed by atoms with Gasteiger partial charge in [0.1, 0.15) is 5.75 Å². The summed E-state index contributed by atoms with van der Waals surface area (Å²) in [5.74, 6) is 0.174. The number of hydrogen-bond acceptors (Lipinski definition) is 3. The van der Waals surface area contributed by atoms with Crippen LogP contribution in [-0.2, 0) is 17.5 Å². The summed E-state index contributed by atoms with van der Waals surface area (Å²) in [4.78, 5) is 11.9. The van der Waals surface area contributed by atoms with Gasteiger partial charge in [-0.3, -0.25) is 4.79 Å². The van der Waals surface area contributed by atoms with E-state index in [0.717, 1.165) is 23.8 Å². The Morgan fingerprint density at radius 3 is 2.60 bits per heavy atom. The van der Waals surface area contributed by atoms with Crippen LogP contribution in [0.25, 0.3) is 0 Å². The third-order valence-corrected chi connectivity index (χ3v) is 3.69. The van der Waals surface area contributed by atoms with Crippen LogP contribution in [0.1, 0.15) is 11.1 Å². The maximum absolute atomic E-state index is 12.7. The van der Waals surface area contributed by atoms with Crippen molar-refractivity contribution in [2.75, 3.05) is 19.0 Å². The summed E-state index contributed by atoms with van der Waals surface area (Å²) in [5, 5.41) is 5.31. The smallest absolute Gasteiger partial charge is 0.416 e. The number of rotatable bonds is 6. The number of carbonyl (C=O) groups excluding carboxylic acids is 1. The fourth-order valence-electron chi connectivity index (χ4n) is 2.15. The van der Waals surface area contributed by atoms with Gasteiger partial charge in [-0.15, -0.1) is 0 Å². The van der Waals surface area contributed by atoms with E-state index >= 15 is 0 Å². The van der Waals surface area contributed by atoms with E-state index in [9.17, 15) is 18.0 Å². The van der Waals surface area contributed by atoms with Crippen molar-refractivity contribution in [2.45, 2.75) is 12.7 Å². The largest absolute Gasteiger partial charge is 0.496 e. The molecule has 0 unspecified atom stereocenters. The van der Waals surface area contributed by atoms with Gasteiger partial charge in [-0.25, -0.2) is 0 Å². The van der Waals surface area contributed by atoms with Gasteiger partial charge in [0.2, 0.25) is 5.91 Å². The topological polar surface area (TPSA) is 50.4 Å². The van der Waals surface area contributed by atoms with Gasteiger partial charge in [0.15, 0.2) is 0 Å². The molecule has 0 bridgehead atoms. The number of para-hydroxylation sites is 1. The highest BCUT2D eigenvalue weighted by atomic mass is 35.5. The van der Waals surface area contributed by atoms with E-state index < -0.39 is 17.6 Å². The number of carbonyl (C=O) groups is 1. The SMILES string of the molecule is COc1ccccc1CNCC(=O)Nc1cc(C(F)(F)F)ccc1Cl. The normalized spacial score (nSPS) is 11.2. The van der Waals surface area contributed by atoms with Crippen molar-refractivity contribution >= 4 is 23.2 Å². The first-order chi connectivity index (χ1) is 11.8. The monoisotopic (exact) mass is 372 g/mol. The van der Waals surface area contributed by atoms with Gasteiger partial charge in [-0.05, 0) is 24.3 Å². The average Bonchev–Trinajstić information content (AvgIpc) is 2.56. The average molecular weight is 373 g/mol. The van der Waals surface area contributed by atoms with Crippen molar-refractivity contribution in [3.05, 3.63) is 58.6 Å². The molecule has 2 N–H and O–H groups in total. The third-order valence-electron chi connectivity index (χ3n) is 3.36. The number of amides is 1. The molecule has 2 aromatic rings. The minimum atomic E-state index is -4.51. The summed E-state index contributed by atoms with van der Waals surface area (Å²) in [6, 6.07) is 10.1. The Hall–Kier alpha value is -2.25. The first-order valence-corrected chi connectivity index (χ1v) is 7.68. The molecule has 0 spiro atoms. The first kappa shape index (κ1) is 19.1. The van der Waals surface area contributed by atoms with Gasteiger partial charge in [-0.2, -0.15) is 13.2 Å². The summed E-state index contributed by atoms with van der Waals surface area (Å²) in [5.41, 5.74) is -0.107. The Kier molecular flexibility index (Phi) is 6.27. The lowest BCUT2D eigenvalue weighted by atomic mass is 10.2. The maximum Gasteiger partial charge on any atom is 0.416 e. The van der Waals surface area contributed by atoms with Crippen LogP contribution in [-0.4, -0.2) is 19.6 Å². The Morgan fingerprint density at radius 2 is 1.92 bits per heavy atom. The molecule has 0 atom stereocenters. The van der Waals surface area contributed by atoms with Crippen LogP contribution in [0.2, 0.25) is 5.02 Å². The minimum absolute atomic E-state index is 0.0334. The van der Waals surface area contributed by atoms with Crippen molar-refractivity contribution in [1.29, 1.82) is 0 Å². The number of benzene rings is 2. The number of anilines is 1. The Bertz CT molecular complexity index is 751. The lowest BCUT2D eigenvalue weighted by Gasteiger charge is -2.12. The molecule has 0 saturated heterocycles. The number of hydrogen-bond donors (Lipinski definition) is 2. The van der Waals surface area contributed by atoms with E-state index in [-0.39, 0.29) is 17.3 Å². The molecule has 8 heteroatoms. The van der Waals surface area contributed by atoms with Crippen LogP contribution in [0.5, 0.6) is 5.75 Å². The van der Waals surface area contributed by atoms with E-state index in [1.807, 2.05) is 18.2 Å². The molecule has 1 amide bonds. The highest BCUT2D eigenvalue weighted by Crippen LogP contribution is 2.33. The molecule has 25 heavy (non-hydrogen) atoms. The molecule has 134 valence electrons. The van der Waals surface area contributed by atoms with Crippen molar-refractivity contribution in [2.24, 2.45) is 0 Å². The van der Waals surface area contributed by atoms with Gasteiger partial charge >= 0.3 is 6.18 Å². The van der Waals surface area contributed by atoms with E-state index in [0.29, 0.717) is 12.3 Å². The Labute approximate surface area is 147 Å². The summed E-state index contributed by atoms with van der Waals surface area (Å²) in [7, 11) is 1.54. The molecule has 4 nitrogen and oxygen atoms in total. The predicted octanol–water partition coefficient (Wildman–Crippen LogP) is 4.10. The summed E-state index contributed by atoms with van der Waals surface area (Å²) in [6.45, 7) is 0.276. The molecule has 0 fully saturated rings. The highest BCUT2D eigenvalue weighted by Gasteiger charge is 2.31. The van der Waals surface area contributed by atoms with Crippen molar-refractivity contribution in [1.82, 2.24) is 5.32 Å². The fraction of sp³-hybridized carbons (Fsp3) is 0.235. The second-order valence-corrected chi connectivity index (χ2v) is 5.56. The maximum atomic E-state index is 12.7. The molecule has 0 radical (unpaired) electrons. The number of halogens is 4. The Morgan fingerprint density at radius 1 is 1.20 bits per heavy atom. The summed E-state index contributed by atoms with van der Waals surface area (Å²) in [6.07, 6.45) is -4.51. The molecule has 0 aliphatic rings. The van der Waals surface area contributed by atoms with Crippen LogP contribution in [0.3, 0.4) is 0 Å². The Balaban J connectivity index is 1.94. The van der Waals surface area contributed by atoms with Gasteiger partial charge in [0.25, 0.3) is 0 Å². The number of nitrogens with one attached hydrogen (secondary N) is 2. The number of methoxy groups -OCH3 is 1. The van der Waals surface area contributed by atoms with Gasteiger partial charge in [0.05, 0.1) is 29.9 Å². The fourth-order valence-corrected chi connectivity index (χ4v) is 2.32. The standard InChI is InChI=1S/C17H16ClF3N2O2/c1-25-15-5-3-2-4-11(15)9-22-10-16(24)23-14-8-12(17(19,20)21)6-7-13(14)18/h2-8,22H,9-10H2,1H3,(H,23,24).